The molecule has 0 aliphatic carbocycles. The van der Waals surface area contributed by atoms with E-state index in [1.807, 2.05) is 0 Å². The fourth-order valence-corrected chi connectivity index (χ4v) is 1.00. The Morgan fingerprint density at radius 2 is 2.56 bits per heavy atom. The molecule has 0 aliphatic rings. The van der Waals surface area contributed by atoms with Crippen molar-refractivity contribution >= 4 is 22.2 Å². The second-order valence-corrected chi connectivity index (χ2v) is 2.42. The van der Waals surface area contributed by atoms with Crippen molar-refractivity contribution in [2.45, 2.75) is 0 Å². The highest BCUT2D eigenvalue weighted by Crippen LogP contribution is 2.09. The van der Waals surface area contributed by atoms with Gasteiger partial charge in [-0.1, -0.05) is 0 Å². The maximum atomic E-state index is 10.2. The predicted octanol–water partition coefficient (Wildman–Crippen LogP) is 0.995. The van der Waals surface area contributed by atoms with Crippen molar-refractivity contribution in [3.63, 3.8) is 0 Å². The minimum Gasteiger partial charge on any atom is -0.298 e. The number of halogens is 1. The van der Waals surface area contributed by atoms with Crippen molar-refractivity contribution in [3.8, 4) is 0 Å². The molecule has 1 aromatic heterocycles. The largest absolute Gasteiger partial charge is 0.298 e. The van der Waals surface area contributed by atoms with Crippen molar-refractivity contribution < 1.29 is 4.79 Å². The fraction of sp³-hybridized carbons (Fsp3) is 0.200. The molecule has 0 bridgehead atoms. The number of nitrogens with zero attached hydrogens (tertiary/aromatic N) is 2. The number of carbonyl (C=O) groups excluding carboxylic acids is 1. The Morgan fingerprint density at radius 1 is 1.89 bits per heavy atom. The lowest BCUT2D eigenvalue weighted by Gasteiger charge is -1.78. The average Bonchev–Trinajstić information content (AvgIpc) is 2.10. The Hall–Kier alpha value is -0.640. The van der Waals surface area contributed by atoms with Crippen LogP contribution in [-0.2, 0) is 7.05 Å². The molecule has 0 aromatic carbocycles. The van der Waals surface area contributed by atoms with E-state index in [0.29, 0.717) is 10.2 Å². The molecule has 0 saturated carbocycles. The molecule has 48 valence electrons. The SMILES string of the molecule is Cn1cc(C=O)c(Br)n1. The molecule has 0 fully saturated rings. The molecular weight excluding hydrogens is 184 g/mol. The lowest BCUT2D eigenvalue weighted by atomic mass is 10.4. The molecule has 0 unspecified atom stereocenters. The first-order chi connectivity index (χ1) is 4.24. The van der Waals surface area contributed by atoms with Crippen LogP contribution in [0, 0.1) is 0 Å². The van der Waals surface area contributed by atoms with Gasteiger partial charge in [-0.3, -0.25) is 9.48 Å². The summed E-state index contributed by atoms with van der Waals surface area (Å²) < 4.78 is 2.17. The third-order valence-electron chi connectivity index (χ3n) is 0.937. The zero-order valence-electron chi connectivity index (χ0n) is 4.84. The number of aromatic nitrogens is 2. The van der Waals surface area contributed by atoms with E-state index in [-0.39, 0.29) is 0 Å². The Kier molecular flexibility index (Phi) is 1.66. The summed E-state index contributed by atoms with van der Waals surface area (Å²) in [5.74, 6) is 0. The molecule has 0 spiro atoms. The van der Waals surface area contributed by atoms with Gasteiger partial charge in [0.1, 0.15) is 4.60 Å². The van der Waals surface area contributed by atoms with Gasteiger partial charge in [-0.05, 0) is 15.9 Å². The first-order valence-electron chi connectivity index (χ1n) is 2.38. The summed E-state index contributed by atoms with van der Waals surface area (Å²) in [4.78, 5) is 10.2. The number of carbonyl (C=O) groups is 1. The number of aldehydes is 1. The molecule has 1 heterocycles. The van der Waals surface area contributed by atoms with Crippen molar-refractivity contribution in [2.75, 3.05) is 0 Å². The van der Waals surface area contributed by atoms with Crippen molar-refractivity contribution in [3.05, 3.63) is 16.4 Å². The van der Waals surface area contributed by atoms with Crippen molar-refractivity contribution in [1.82, 2.24) is 9.78 Å². The smallest absolute Gasteiger partial charge is 0.154 e. The minimum atomic E-state index is 0.581. The third kappa shape index (κ3) is 1.18. The van der Waals surface area contributed by atoms with Crippen LogP contribution < -0.4 is 0 Å². The second kappa shape index (κ2) is 2.31. The number of rotatable bonds is 1. The van der Waals surface area contributed by atoms with E-state index in [9.17, 15) is 4.79 Å². The van der Waals surface area contributed by atoms with Crippen LogP contribution in [0.15, 0.2) is 10.8 Å². The van der Waals surface area contributed by atoms with E-state index in [0.717, 1.165) is 6.29 Å². The Balaban J connectivity index is 3.15. The van der Waals surface area contributed by atoms with Gasteiger partial charge in [0.25, 0.3) is 0 Å². The van der Waals surface area contributed by atoms with Crippen LogP contribution in [0.2, 0.25) is 0 Å². The van der Waals surface area contributed by atoms with Gasteiger partial charge in [-0.15, -0.1) is 0 Å². The molecule has 0 amide bonds. The molecular formula is C5H5BrN2O. The Morgan fingerprint density at radius 3 is 2.78 bits per heavy atom. The first-order valence-corrected chi connectivity index (χ1v) is 3.17. The van der Waals surface area contributed by atoms with E-state index >= 15 is 0 Å². The standard InChI is InChI=1S/C5H5BrN2O/c1-8-2-4(3-9)5(6)7-8/h2-3H,1H3. The lowest BCUT2D eigenvalue weighted by molar-refractivity contribution is 0.112. The molecule has 0 atom stereocenters. The van der Waals surface area contributed by atoms with Gasteiger partial charge >= 0.3 is 0 Å². The van der Waals surface area contributed by atoms with E-state index in [1.165, 1.54) is 0 Å². The van der Waals surface area contributed by atoms with Crippen molar-refractivity contribution in [2.24, 2.45) is 7.05 Å². The molecule has 0 saturated heterocycles. The van der Waals surface area contributed by atoms with Gasteiger partial charge in [-0.25, -0.2) is 0 Å². The van der Waals surface area contributed by atoms with E-state index in [1.54, 1.807) is 17.9 Å². The molecule has 1 aromatic rings. The molecule has 0 aliphatic heterocycles. The summed E-state index contributed by atoms with van der Waals surface area (Å²) in [6, 6.07) is 0. The van der Waals surface area contributed by atoms with Gasteiger partial charge in [0, 0.05) is 13.2 Å². The molecule has 0 radical (unpaired) electrons. The summed E-state index contributed by atoms with van der Waals surface area (Å²) in [5.41, 5.74) is 0.581. The second-order valence-electron chi connectivity index (χ2n) is 1.67. The fourth-order valence-electron chi connectivity index (χ4n) is 0.559. The van der Waals surface area contributed by atoms with Crippen LogP contribution >= 0.6 is 15.9 Å². The molecule has 3 nitrogen and oxygen atoms in total. The van der Waals surface area contributed by atoms with Crippen LogP contribution in [0.4, 0.5) is 0 Å². The molecule has 1 rings (SSSR count). The highest BCUT2D eigenvalue weighted by Gasteiger charge is 2.00. The van der Waals surface area contributed by atoms with Gasteiger partial charge in [0.05, 0.1) is 5.56 Å². The zero-order valence-corrected chi connectivity index (χ0v) is 6.42. The normalized spacial score (nSPS) is 9.56. The van der Waals surface area contributed by atoms with Crippen molar-refractivity contribution in [1.29, 1.82) is 0 Å². The number of hydrogen-bond donors (Lipinski definition) is 0. The van der Waals surface area contributed by atoms with Crippen LogP contribution in [0.5, 0.6) is 0 Å². The number of aryl methyl sites for hydroxylation is 1. The summed E-state index contributed by atoms with van der Waals surface area (Å²) in [6.07, 6.45) is 2.41. The van der Waals surface area contributed by atoms with Crippen LogP contribution in [0.25, 0.3) is 0 Å². The van der Waals surface area contributed by atoms with E-state index in [4.69, 9.17) is 0 Å². The number of hydrogen-bond acceptors (Lipinski definition) is 2. The van der Waals surface area contributed by atoms with Gasteiger partial charge in [0.15, 0.2) is 6.29 Å². The lowest BCUT2D eigenvalue weighted by Crippen LogP contribution is -1.84. The maximum Gasteiger partial charge on any atom is 0.154 e. The Labute approximate surface area is 60.8 Å². The van der Waals surface area contributed by atoms with Crippen LogP contribution in [0.1, 0.15) is 10.4 Å². The maximum absolute atomic E-state index is 10.2. The zero-order chi connectivity index (χ0) is 6.85. The minimum absolute atomic E-state index is 0.581. The van der Waals surface area contributed by atoms with Crippen LogP contribution in [-0.4, -0.2) is 16.1 Å². The average molecular weight is 189 g/mol. The van der Waals surface area contributed by atoms with Gasteiger partial charge < -0.3 is 0 Å². The van der Waals surface area contributed by atoms with E-state index < -0.39 is 0 Å². The summed E-state index contributed by atoms with van der Waals surface area (Å²) >= 11 is 3.11. The molecule has 9 heavy (non-hydrogen) atoms. The first kappa shape index (κ1) is 6.48. The highest BCUT2D eigenvalue weighted by molar-refractivity contribution is 9.10. The van der Waals surface area contributed by atoms with Gasteiger partial charge in [-0.2, -0.15) is 5.10 Å². The van der Waals surface area contributed by atoms with E-state index in [2.05, 4.69) is 21.0 Å². The Bertz CT molecular complexity index is 231. The molecule has 4 heteroatoms. The quantitative estimate of drug-likeness (QED) is 0.617. The summed E-state index contributed by atoms with van der Waals surface area (Å²) in [5, 5.41) is 3.88. The van der Waals surface area contributed by atoms with Gasteiger partial charge in [0.2, 0.25) is 0 Å². The molecule has 0 N–H and O–H groups in total. The topological polar surface area (TPSA) is 34.9 Å². The monoisotopic (exact) mass is 188 g/mol. The summed E-state index contributed by atoms with van der Waals surface area (Å²) in [6.45, 7) is 0. The third-order valence-corrected chi connectivity index (χ3v) is 1.55. The highest BCUT2D eigenvalue weighted by atomic mass is 79.9. The van der Waals surface area contributed by atoms with Crippen LogP contribution in [0.3, 0.4) is 0 Å². The predicted molar refractivity (Wildman–Crippen MR) is 36.3 cm³/mol. The summed E-state index contributed by atoms with van der Waals surface area (Å²) in [7, 11) is 1.76.